The number of nitrogens with zero attached hydrogens (tertiary/aromatic N) is 2. The molecule has 3 rings (SSSR count). The molecule has 0 aliphatic carbocycles. The molecule has 150 valence electrons. The van der Waals surface area contributed by atoms with Crippen molar-refractivity contribution >= 4 is 23.2 Å². The normalized spacial score (nSPS) is 11.2. The Bertz CT molecular complexity index is 1130. The van der Waals surface area contributed by atoms with Gasteiger partial charge in [0.05, 0.1) is 16.4 Å². The summed E-state index contributed by atoms with van der Waals surface area (Å²) >= 11 is 6.15. The van der Waals surface area contributed by atoms with Crippen molar-refractivity contribution < 1.29 is 22.7 Å². The molecule has 0 fully saturated rings. The molecule has 2 aromatic carbocycles. The minimum absolute atomic E-state index is 0.263. The maximum Gasteiger partial charge on any atom is 0.573 e. The molecule has 1 amide bonds. The molecule has 0 aliphatic heterocycles. The number of aromatic nitrogens is 2. The zero-order valence-corrected chi connectivity index (χ0v) is 15.6. The Balaban J connectivity index is 1.98. The van der Waals surface area contributed by atoms with Gasteiger partial charge in [0.15, 0.2) is 11.4 Å². The topological polar surface area (TPSA) is 73.2 Å². The first kappa shape index (κ1) is 20.4. The van der Waals surface area contributed by atoms with E-state index in [0.29, 0.717) is 16.4 Å². The Labute approximate surface area is 167 Å². The van der Waals surface area contributed by atoms with Gasteiger partial charge in [-0.3, -0.25) is 9.59 Å². The number of hydrogen-bond donors (Lipinski definition) is 1. The van der Waals surface area contributed by atoms with Gasteiger partial charge in [-0.2, -0.15) is 5.10 Å². The van der Waals surface area contributed by atoms with E-state index in [1.807, 2.05) is 0 Å². The van der Waals surface area contributed by atoms with Gasteiger partial charge in [0.25, 0.3) is 5.91 Å². The van der Waals surface area contributed by atoms with E-state index in [1.54, 1.807) is 31.2 Å². The zero-order chi connectivity index (χ0) is 21.2. The lowest BCUT2D eigenvalue weighted by molar-refractivity contribution is -0.274. The summed E-state index contributed by atoms with van der Waals surface area (Å²) in [6.45, 7) is 1.60. The third kappa shape index (κ3) is 4.75. The second-order valence-corrected chi connectivity index (χ2v) is 6.27. The number of benzene rings is 2. The number of alkyl halides is 3. The van der Waals surface area contributed by atoms with Gasteiger partial charge < -0.3 is 10.1 Å². The predicted octanol–water partition coefficient (Wildman–Crippen LogP) is 4.35. The van der Waals surface area contributed by atoms with Gasteiger partial charge in [-0.15, -0.1) is 13.2 Å². The van der Waals surface area contributed by atoms with E-state index < -0.39 is 29.1 Å². The highest BCUT2D eigenvalue weighted by Gasteiger charge is 2.32. The second kappa shape index (κ2) is 7.96. The third-order valence-electron chi connectivity index (χ3n) is 3.76. The summed E-state index contributed by atoms with van der Waals surface area (Å²) in [6.07, 6.45) is -4.94. The van der Waals surface area contributed by atoms with Crippen LogP contribution in [0, 0.1) is 6.92 Å². The Morgan fingerprint density at radius 2 is 1.79 bits per heavy atom. The number of aryl methyl sites for hydroxylation is 1. The van der Waals surface area contributed by atoms with Gasteiger partial charge in [-0.1, -0.05) is 35.9 Å². The monoisotopic (exact) mass is 423 g/mol. The van der Waals surface area contributed by atoms with Gasteiger partial charge in [0.2, 0.25) is 5.43 Å². The first-order chi connectivity index (χ1) is 13.7. The van der Waals surface area contributed by atoms with Crippen molar-refractivity contribution in [2.24, 2.45) is 0 Å². The number of ether oxygens (including phenoxy) is 1. The fourth-order valence-corrected chi connectivity index (χ4v) is 2.75. The fraction of sp³-hybridized carbons (Fsp3) is 0.105. The van der Waals surface area contributed by atoms with E-state index in [-0.39, 0.29) is 5.69 Å². The van der Waals surface area contributed by atoms with Crippen LogP contribution >= 0.6 is 11.6 Å². The molecule has 0 atom stereocenters. The van der Waals surface area contributed by atoms with Gasteiger partial charge in [0, 0.05) is 11.8 Å². The van der Waals surface area contributed by atoms with Gasteiger partial charge >= 0.3 is 6.36 Å². The van der Waals surface area contributed by atoms with E-state index >= 15 is 0 Å². The number of hydrogen-bond acceptors (Lipinski definition) is 4. The van der Waals surface area contributed by atoms with Crippen LogP contribution in [0.15, 0.2) is 59.4 Å². The minimum atomic E-state index is -4.94. The molecule has 1 N–H and O–H groups in total. The van der Waals surface area contributed by atoms with E-state index in [2.05, 4.69) is 15.2 Å². The SMILES string of the molecule is Cc1cc(=O)c(C(=O)Nc2ccccc2OC(F)(F)F)nn1-c1ccccc1Cl. The summed E-state index contributed by atoms with van der Waals surface area (Å²) in [6, 6.07) is 12.8. The average molecular weight is 424 g/mol. The van der Waals surface area contributed by atoms with Crippen molar-refractivity contribution in [3.05, 3.63) is 81.2 Å². The molecule has 6 nitrogen and oxygen atoms in total. The van der Waals surface area contributed by atoms with Crippen LogP contribution in [0.1, 0.15) is 16.2 Å². The maximum atomic E-state index is 12.6. The standard InChI is InChI=1S/C19H13ClF3N3O3/c1-11-10-15(27)17(25-26(11)14-8-4-2-6-12(14)20)18(28)24-13-7-3-5-9-16(13)29-19(21,22)23/h2-10H,1H3,(H,24,28). The predicted molar refractivity (Wildman–Crippen MR) is 101 cm³/mol. The van der Waals surface area contributed by atoms with Gasteiger partial charge in [0.1, 0.15) is 0 Å². The number of halogens is 4. The van der Waals surface area contributed by atoms with Crippen molar-refractivity contribution in [2.45, 2.75) is 13.3 Å². The van der Waals surface area contributed by atoms with Gasteiger partial charge in [-0.25, -0.2) is 4.68 Å². The molecule has 0 aliphatic rings. The third-order valence-corrected chi connectivity index (χ3v) is 4.08. The van der Waals surface area contributed by atoms with Crippen LogP contribution in [0.4, 0.5) is 18.9 Å². The van der Waals surface area contributed by atoms with Crippen LogP contribution in [0.25, 0.3) is 5.69 Å². The van der Waals surface area contributed by atoms with E-state index in [9.17, 15) is 22.8 Å². The van der Waals surface area contributed by atoms with E-state index in [0.717, 1.165) is 6.07 Å². The summed E-state index contributed by atoms with van der Waals surface area (Å²) in [5.41, 5.74) is -0.627. The van der Waals surface area contributed by atoms with Crippen molar-refractivity contribution in [3.63, 3.8) is 0 Å². The van der Waals surface area contributed by atoms with Crippen LogP contribution < -0.4 is 15.5 Å². The van der Waals surface area contributed by atoms with E-state index in [1.165, 1.54) is 28.9 Å². The number of nitrogens with one attached hydrogen (secondary N) is 1. The second-order valence-electron chi connectivity index (χ2n) is 5.86. The number of amides is 1. The molecule has 0 unspecified atom stereocenters. The average Bonchev–Trinajstić information content (AvgIpc) is 2.63. The highest BCUT2D eigenvalue weighted by molar-refractivity contribution is 6.32. The largest absolute Gasteiger partial charge is 0.573 e. The first-order valence-electron chi connectivity index (χ1n) is 8.18. The molecule has 0 bridgehead atoms. The smallest absolute Gasteiger partial charge is 0.404 e. The zero-order valence-electron chi connectivity index (χ0n) is 14.8. The van der Waals surface area contributed by atoms with Crippen molar-refractivity contribution in [1.82, 2.24) is 9.78 Å². The Kier molecular flexibility index (Phi) is 5.60. The van der Waals surface area contributed by atoms with Crippen LogP contribution in [0.5, 0.6) is 5.75 Å². The number of carbonyl (C=O) groups is 1. The number of carbonyl (C=O) groups excluding carboxylic acids is 1. The van der Waals surface area contributed by atoms with Crippen LogP contribution in [-0.4, -0.2) is 22.1 Å². The Hall–Kier alpha value is -3.33. The molecule has 1 heterocycles. The van der Waals surface area contributed by atoms with E-state index in [4.69, 9.17) is 11.6 Å². The Morgan fingerprint density at radius 1 is 1.14 bits per heavy atom. The lowest BCUT2D eigenvalue weighted by Crippen LogP contribution is -2.27. The summed E-state index contributed by atoms with van der Waals surface area (Å²) in [4.78, 5) is 24.8. The first-order valence-corrected chi connectivity index (χ1v) is 8.55. The van der Waals surface area contributed by atoms with Crippen molar-refractivity contribution in [3.8, 4) is 11.4 Å². The summed E-state index contributed by atoms with van der Waals surface area (Å²) in [5, 5.41) is 6.61. The van der Waals surface area contributed by atoms with Crippen molar-refractivity contribution in [1.29, 1.82) is 0 Å². The molecule has 0 saturated carbocycles. The molecule has 10 heteroatoms. The molecule has 3 aromatic rings. The quantitative estimate of drug-likeness (QED) is 0.677. The molecule has 29 heavy (non-hydrogen) atoms. The molecular formula is C19H13ClF3N3O3. The highest BCUT2D eigenvalue weighted by Crippen LogP contribution is 2.30. The number of rotatable bonds is 4. The maximum absolute atomic E-state index is 12.6. The lowest BCUT2D eigenvalue weighted by atomic mass is 10.2. The molecule has 0 spiro atoms. The minimum Gasteiger partial charge on any atom is -0.404 e. The highest BCUT2D eigenvalue weighted by atomic mass is 35.5. The molecule has 0 saturated heterocycles. The van der Waals surface area contributed by atoms with Crippen LogP contribution in [-0.2, 0) is 0 Å². The fourth-order valence-electron chi connectivity index (χ4n) is 2.54. The van der Waals surface area contributed by atoms with Gasteiger partial charge in [-0.05, 0) is 31.2 Å². The number of para-hydroxylation sites is 3. The van der Waals surface area contributed by atoms with Crippen LogP contribution in [0.3, 0.4) is 0 Å². The number of anilines is 1. The van der Waals surface area contributed by atoms with Crippen LogP contribution in [0.2, 0.25) is 5.02 Å². The summed E-state index contributed by atoms with van der Waals surface area (Å²) < 4.78 is 42.9. The lowest BCUT2D eigenvalue weighted by Gasteiger charge is -2.15. The molecule has 0 radical (unpaired) electrons. The van der Waals surface area contributed by atoms with Crippen molar-refractivity contribution in [2.75, 3.05) is 5.32 Å². The summed E-state index contributed by atoms with van der Waals surface area (Å²) in [5.74, 6) is -1.61. The molecule has 1 aromatic heterocycles. The summed E-state index contributed by atoms with van der Waals surface area (Å²) in [7, 11) is 0. The molecular weight excluding hydrogens is 411 g/mol. The Morgan fingerprint density at radius 3 is 2.48 bits per heavy atom.